The Labute approximate surface area is 221 Å². The van der Waals surface area contributed by atoms with E-state index in [2.05, 4.69) is 6.58 Å². The maximum Gasteiger partial charge on any atom is 0.200 e. The summed E-state index contributed by atoms with van der Waals surface area (Å²) in [4.78, 5) is 0. The van der Waals surface area contributed by atoms with E-state index in [4.69, 9.17) is 4.74 Å². The number of hydrogen-bond donors (Lipinski definition) is 1. The molecule has 1 atom stereocenters. The van der Waals surface area contributed by atoms with Gasteiger partial charge in [-0.25, -0.2) is 13.2 Å². The van der Waals surface area contributed by atoms with Crippen molar-refractivity contribution in [3.8, 4) is 16.9 Å². The van der Waals surface area contributed by atoms with Crippen molar-refractivity contribution in [3.05, 3.63) is 107 Å². The fourth-order valence-corrected chi connectivity index (χ4v) is 4.95. The van der Waals surface area contributed by atoms with Crippen LogP contribution in [-0.2, 0) is 0 Å². The van der Waals surface area contributed by atoms with Crippen molar-refractivity contribution in [2.24, 2.45) is 5.92 Å². The van der Waals surface area contributed by atoms with Crippen LogP contribution in [0.3, 0.4) is 0 Å². The SMILES string of the molecule is C=CCCOc1ccc(C2CCC(/C=C/c3ccc(-c4ccc(C(C)O)cc4)c(F)c3F)CC2)c(F)c1F. The molecule has 3 aromatic carbocycles. The van der Waals surface area contributed by atoms with E-state index in [0.717, 1.165) is 12.8 Å². The number of allylic oxidation sites excluding steroid dienone is 1. The Morgan fingerprint density at radius 2 is 1.61 bits per heavy atom. The minimum Gasteiger partial charge on any atom is -0.490 e. The van der Waals surface area contributed by atoms with Gasteiger partial charge in [0.1, 0.15) is 0 Å². The largest absolute Gasteiger partial charge is 0.490 e. The van der Waals surface area contributed by atoms with Crippen molar-refractivity contribution in [1.82, 2.24) is 0 Å². The lowest BCUT2D eigenvalue weighted by molar-refractivity contribution is 0.199. The molecule has 38 heavy (non-hydrogen) atoms. The van der Waals surface area contributed by atoms with Crippen molar-refractivity contribution in [2.45, 2.75) is 51.0 Å². The molecule has 0 spiro atoms. The lowest BCUT2D eigenvalue weighted by Crippen LogP contribution is -2.14. The Kier molecular flexibility index (Phi) is 9.05. The number of ether oxygens (including phenoxy) is 1. The summed E-state index contributed by atoms with van der Waals surface area (Å²) in [6, 6.07) is 12.9. The molecule has 2 nitrogen and oxygen atoms in total. The lowest BCUT2D eigenvalue weighted by Gasteiger charge is -2.27. The molecule has 1 N–H and O–H groups in total. The molecule has 3 aromatic rings. The molecule has 1 aliphatic carbocycles. The van der Waals surface area contributed by atoms with Crippen LogP contribution in [0.1, 0.15) is 67.7 Å². The Morgan fingerprint density at radius 1 is 0.895 bits per heavy atom. The molecule has 1 saturated carbocycles. The first-order valence-corrected chi connectivity index (χ1v) is 13.0. The van der Waals surface area contributed by atoms with Gasteiger partial charge >= 0.3 is 0 Å². The summed E-state index contributed by atoms with van der Waals surface area (Å²) < 4.78 is 64.2. The van der Waals surface area contributed by atoms with E-state index in [9.17, 15) is 22.7 Å². The maximum atomic E-state index is 14.9. The topological polar surface area (TPSA) is 29.5 Å². The van der Waals surface area contributed by atoms with Crippen LogP contribution in [0.5, 0.6) is 5.75 Å². The molecule has 0 amide bonds. The van der Waals surface area contributed by atoms with Gasteiger partial charge in [-0.3, -0.25) is 0 Å². The Bertz CT molecular complexity index is 1290. The monoisotopic (exact) mass is 524 g/mol. The van der Waals surface area contributed by atoms with Gasteiger partial charge in [0.25, 0.3) is 0 Å². The van der Waals surface area contributed by atoms with Gasteiger partial charge < -0.3 is 9.84 Å². The van der Waals surface area contributed by atoms with Crippen LogP contribution in [0.15, 0.2) is 67.3 Å². The van der Waals surface area contributed by atoms with Crippen molar-refractivity contribution in [3.63, 3.8) is 0 Å². The van der Waals surface area contributed by atoms with Gasteiger partial charge in [-0.1, -0.05) is 60.7 Å². The van der Waals surface area contributed by atoms with E-state index in [1.54, 1.807) is 61.5 Å². The first kappa shape index (κ1) is 27.6. The molecule has 4 rings (SSSR count). The van der Waals surface area contributed by atoms with Gasteiger partial charge in [0.05, 0.1) is 12.7 Å². The second-order valence-electron chi connectivity index (χ2n) is 9.81. The summed E-state index contributed by atoms with van der Waals surface area (Å²) >= 11 is 0. The minimum absolute atomic E-state index is 0.0956. The third-order valence-corrected chi connectivity index (χ3v) is 7.23. The van der Waals surface area contributed by atoms with E-state index >= 15 is 0 Å². The summed E-state index contributed by atoms with van der Waals surface area (Å²) in [6.45, 7) is 5.46. The van der Waals surface area contributed by atoms with Crippen LogP contribution in [-0.4, -0.2) is 11.7 Å². The third-order valence-electron chi connectivity index (χ3n) is 7.23. The zero-order valence-electron chi connectivity index (χ0n) is 21.4. The lowest BCUT2D eigenvalue weighted by atomic mass is 9.78. The van der Waals surface area contributed by atoms with Crippen LogP contribution in [0, 0.1) is 29.2 Å². The molecule has 0 saturated heterocycles. The van der Waals surface area contributed by atoms with Gasteiger partial charge in [0.15, 0.2) is 23.2 Å². The van der Waals surface area contributed by atoms with Gasteiger partial charge in [0.2, 0.25) is 5.82 Å². The molecule has 0 aromatic heterocycles. The maximum absolute atomic E-state index is 14.9. The zero-order chi connectivity index (χ0) is 27.2. The van der Waals surface area contributed by atoms with Crippen LogP contribution < -0.4 is 4.74 Å². The quantitative estimate of drug-likeness (QED) is 0.172. The fraction of sp³-hybridized carbons (Fsp3) is 0.312. The zero-order valence-corrected chi connectivity index (χ0v) is 21.4. The molecular formula is C32H32F4O2. The van der Waals surface area contributed by atoms with Crippen molar-refractivity contribution in [2.75, 3.05) is 6.61 Å². The first-order chi connectivity index (χ1) is 18.3. The second kappa shape index (κ2) is 12.4. The van der Waals surface area contributed by atoms with Crippen LogP contribution in [0.25, 0.3) is 17.2 Å². The van der Waals surface area contributed by atoms with E-state index in [-0.39, 0.29) is 35.3 Å². The average Bonchev–Trinajstić information content (AvgIpc) is 2.92. The smallest absolute Gasteiger partial charge is 0.200 e. The number of aliphatic hydroxyl groups excluding tert-OH is 1. The Morgan fingerprint density at radius 3 is 2.26 bits per heavy atom. The third kappa shape index (κ3) is 6.18. The van der Waals surface area contributed by atoms with Gasteiger partial charge in [0, 0.05) is 11.1 Å². The van der Waals surface area contributed by atoms with Crippen molar-refractivity contribution >= 4 is 6.08 Å². The van der Waals surface area contributed by atoms with Gasteiger partial charge in [-0.2, -0.15) is 4.39 Å². The molecule has 200 valence electrons. The predicted molar refractivity (Wildman–Crippen MR) is 143 cm³/mol. The Hall–Kier alpha value is -3.38. The number of rotatable bonds is 9. The highest BCUT2D eigenvalue weighted by Gasteiger charge is 2.26. The molecule has 0 heterocycles. The van der Waals surface area contributed by atoms with E-state index in [1.165, 1.54) is 6.07 Å². The van der Waals surface area contributed by atoms with Crippen molar-refractivity contribution < 1.29 is 27.4 Å². The molecule has 1 fully saturated rings. The van der Waals surface area contributed by atoms with Crippen molar-refractivity contribution in [1.29, 1.82) is 0 Å². The minimum atomic E-state index is -0.964. The van der Waals surface area contributed by atoms with E-state index < -0.39 is 29.4 Å². The Balaban J connectivity index is 1.39. The molecule has 6 heteroatoms. The first-order valence-electron chi connectivity index (χ1n) is 13.0. The summed E-state index contributed by atoms with van der Waals surface area (Å²) in [5, 5.41) is 9.65. The molecule has 1 unspecified atom stereocenters. The van der Waals surface area contributed by atoms with E-state index in [0.29, 0.717) is 36.0 Å². The second-order valence-corrected chi connectivity index (χ2v) is 9.81. The molecule has 0 radical (unpaired) electrons. The van der Waals surface area contributed by atoms with Crippen LogP contribution >= 0.6 is 0 Å². The summed E-state index contributed by atoms with van der Waals surface area (Å²) in [6.07, 6.45) is 7.82. The highest BCUT2D eigenvalue weighted by atomic mass is 19.2. The standard InChI is InChI=1S/C32H32F4O2/c1-3-4-19-38-28-18-17-27(31(35)32(28)36)23-8-5-21(6-9-23)7-10-25-15-16-26(30(34)29(25)33)24-13-11-22(12-14-24)20(2)37/h3,7,10-18,20-21,23,37H,1,4-6,8-9,19H2,2H3/b10-7+. The number of hydrogen-bond acceptors (Lipinski definition) is 2. The molecular weight excluding hydrogens is 492 g/mol. The molecule has 0 aliphatic heterocycles. The normalized spacial score (nSPS) is 18.5. The van der Waals surface area contributed by atoms with Gasteiger partial charge in [-0.15, -0.1) is 6.58 Å². The number of aliphatic hydroxyl groups is 1. The fourth-order valence-electron chi connectivity index (χ4n) is 4.95. The van der Waals surface area contributed by atoms with Crippen LogP contribution in [0.4, 0.5) is 17.6 Å². The van der Waals surface area contributed by atoms with E-state index in [1.807, 2.05) is 6.08 Å². The molecule has 0 bridgehead atoms. The molecule has 1 aliphatic rings. The van der Waals surface area contributed by atoms with Crippen LogP contribution in [0.2, 0.25) is 0 Å². The summed E-state index contributed by atoms with van der Waals surface area (Å²) in [5.41, 5.74) is 1.89. The summed E-state index contributed by atoms with van der Waals surface area (Å²) in [7, 11) is 0. The van der Waals surface area contributed by atoms with Gasteiger partial charge in [-0.05, 0) is 73.6 Å². The number of benzene rings is 3. The highest BCUT2D eigenvalue weighted by molar-refractivity contribution is 5.67. The highest BCUT2D eigenvalue weighted by Crippen LogP contribution is 2.39. The average molecular weight is 525 g/mol. The summed E-state index contributed by atoms with van der Waals surface area (Å²) in [5.74, 6) is -3.73. The predicted octanol–water partition coefficient (Wildman–Crippen LogP) is 8.91. The number of halogens is 4.